The highest BCUT2D eigenvalue weighted by atomic mass is 16.6. The number of nitrogens with one attached hydrogen (secondary N) is 2. The van der Waals surface area contributed by atoms with Gasteiger partial charge in [0, 0.05) is 57.8 Å². The van der Waals surface area contributed by atoms with E-state index in [1.807, 2.05) is 30.3 Å². The third-order valence-corrected chi connectivity index (χ3v) is 9.11. The van der Waals surface area contributed by atoms with E-state index in [1.165, 1.54) is 0 Å². The topological polar surface area (TPSA) is 130 Å². The Bertz CT molecular complexity index is 1100. The summed E-state index contributed by atoms with van der Waals surface area (Å²) in [5.74, 6) is -0.424. The van der Waals surface area contributed by atoms with Gasteiger partial charge < -0.3 is 39.5 Å². The van der Waals surface area contributed by atoms with Crippen molar-refractivity contribution in [1.82, 2.24) is 25.3 Å². The van der Waals surface area contributed by atoms with Gasteiger partial charge >= 0.3 is 6.09 Å². The summed E-state index contributed by atoms with van der Waals surface area (Å²) in [6.45, 7) is 8.76. The molecule has 0 unspecified atom stereocenters. The van der Waals surface area contributed by atoms with Crippen LogP contribution in [-0.4, -0.2) is 123 Å². The van der Waals surface area contributed by atoms with Crippen LogP contribution in [0, 0.1) is 11.8 Å². The summed E-state index contributed by atoms with van der Waals surface area (Å²) in [5, 5.41) is 5.93. The molecule has 0 radical (unpaired) electrons. The zero-order chi connectivity index (χ0) is 32.0. The first-order valence-corrected chi connectivity index (χ1v) is 16.5. The molecule has 3 heterocycles. The van der Waals surface area contributed by atoms with Crippen molar-refractivity contribution in [2.45, 2.75) is 64.6 Å². The molecule has 0 spiro atoms. The molecule has 12 heteroatoms. The number of fused-ring (bicyclic) bond motifs is 1. The third kappa shape index (κ3) is 11.3. The van der Waals surface area contributed by atoms with E-state index in [0.29, 0.717) is 64.7 Å². The van der Waals surface area contributed by atoms with Crippen LogP contribution in [0.3, 0.4) is 0 Å². The van der Waals surface area contributed by atoms with E-state index >= 15 is 0 Å². The third-order valence-electron chi connectivity index (χ3n) is 9.11. The lowest BCUT2D eigenvalue weighted by molar-refractivity contribution is -0.143. The highest BCUT2D eigenvalue weighted by Crippen LogP contribution is 2.29. The molecule has 3 aliphatic rings. The number of rotatable bonds is 4. The number of ether oxygens (including phenoxy) is 3. The van der Waals surface area contributed by atoms with Gasteiger partial charge in [0.25, 0.3) is 0 Å². The normalized spacial score (nSPS) is 24.6. The number of carbonyl (C=O) groups excluding carboxylic acids is 4. The smallest absolute Gasteiger partial charge is 0.410 e. The molecule has 3 fully saturated rings. The minimum atomic E-state index is -0.377. The Labute approximate surface area is 267 Å². The Balaban J connectivity index is 1.38. The van der Waals surface area contributed by atoms with Crippen molar-refractivity contribution in [3.63, 3.8) is 0 Å². The summed E-state index contributed by atoms with van der Waals surface area (Å²) in [4.78, 5) is 57.9. The van der Waals surface area contributed by atoms with E-state index < -0.39 is 0 Å². The highest BCUT2D eigenvalue weighted by Gasteiger charge is 2.34. The lowest BCUT2D eigenvalue weighted by atomic mass is 9.81. The molecule has 1 aromatic carbocycles. The molecule has 45 heavy (non-hydrogen) atoms. The standard InChI is InChI=1S/C33H51N5O7/c1-25(2)36-15-10-29(11-16-36)38-22-31(40)34-12-8-28-21-37(33(42)45-23-26-6-4-3-5-7-26)14-9-27(28)20-30(39)35-13-17-43-18-19-44-24-32(38)41/h3-7,25,27-29H,8-24H2,1-2H3,(H,34,40)(H,35,39)/t27-,28-/m0/s1. The second-order valence-corrected chi connectivity index (χ2v) is 12.5. The minimum absolute atomic E-state index is 0.00101. The van der Waals surface area contributed by atoms with Crippen LogP contribution in [0.4, 0.5) is 4.79 Å². The number of nitrogens with zero attached hydrogens (tertiary/aromatic N) is 3. The van der Waals surface area contributed by atoms with E-state index in [9.17, 15) is 19.2 Å². The maximum absolute atomic E-state index is 13.3. The molecular weight excluding hydrogens is 578 g/mol. The fourth-order valence-corrected chi connectivity index (χ4v) is 6.43. The minimum Gasteiger partial charge on any atom is -0.445 e. The van der Waals surface area contributed by atoms with E-state index in [1.54, 1.807) is 9.80 Å². The summed E-state index contributed by atoms with van der Waals surface area (Å²) < 4.78 is 16.8. The average Bonchev–Trinajstić information content (AvgIpc) is 3.04. The summed E-state index contributed by atoms with van der Waals surface area (Å²) >= 11 is 0. The lowest BCUT2D eigenvalue weighted by Crippen LogP contribution is -2.52. The quantitative estimate of drug-likeness (QED) is 0.518. The molecule has 4 rings (SSSR count). The molecular formula is C33H51N5O7. The van der Waals surface area contributed by atoms with Gasteiger partial charge in [-0.1, -0.05) is 30.3 Å². The number of hydrogen-bond donors (Lipinski definition) is 2. The predicted molar refractivity (Wildman–Crippen MR) is 168 cm³/mol. The molecule has 2 N–H and O–H groups in total. The maximum Gasteiger partial charge on any atom is 0.410 e. The number of piperidine rings is 2. The van der Waals surface area contributed by atoms with Crippen molar-refractivity contribution in [2.24, 2.45) is 11.8 Å². The fraction of sp³-hybridized carbons (Fsp3) is 0.697. The van der Waals surface area contributed by atoms with Crippen LogP contribution in [0.25, 0.3) is 0 Å². The summed E-state index contributed by atoms with van der Waals surface area (Å²) in [6, 6.07) is 9.96. The van der Waals surface area contributed by atoms with Crippen LogP contribution < -0.4 is 10.6 Å². The molecule has 2 atom stereocenters. The van der Waals surface area contributed by atoms with Crippen LogP contribution in [0.15, 0.2) is 30.3 Å². The Morgan fingerprint density at radius 3 is 2.38 bits per heavy atom. The molecule has 1 aromatic rings. The summed E-state index contributed by atoms with van der Waals surface area (Å²) in [6.07, 6.45) is 2.84. The Hall–Kier alpha value is -3.22. The van der Waals surface area contributed by atoms with Crippen molar-refractivity contribution < 1.29 is 33.4 Å². The van der Waals surface area contributed by atoms with Gasteiger partial charge in [0.1, 0.15) is 13.2 Å². The monoisotopic (exact) mass is 629 g/mol. The Morgan fingerprint density at radius 2 is 1.62 bits per heavy atom. The lowest BCUT2D eigenvalue weighted by Gasteiger charge is -2.40. The number of hydrogen-bond acceptors (Lipinski definition) is 8. The summed E-state index contributed by atoms with van der Waals surface area (Å²) in [5.41, 5.74) is 0.917. The largest absolute Gasteiger partial charge is 0.445 e. The first kappa shape index (κ1) is 34.6. The molecule has 250 valence electrons. The highest BCUT2D eigenvalue weighted by molar-refractivity contribution is 5.85. The first-order chi connectivity index (χ1) is 21.8. The van der Waals surface area contributed by atoms with Crippen molar-refractivity contribution in [1.29, 1.82) is 0 Å². The molecule has 0 saturated carbocycles. The zero-order valence-electron chi connectivity index (χ0n) is 26.9. The van der Waals surface area contributed by atoms with Crippen LogP contribution in [0.5, 0.6) is 0 Å². The van der Waals surface area contributed by atoms with Crippen molar-refractivity contribution in [3.8, 4) is 0 Å². The van der Waals surface area contributed by atoms with Crippen LogP contribution in [-0.2, 0) is 35.2 Å². The molecule has 12 nitrogen and oxygen atoms in total. The number of amides is 4. The zero-order valence-corrected chi connectivity index (χ0v) is 26.9. The molecule has 0 aliphatic carbocycles. The van der Waals surface area contributed by atoms with Crippen LogP contribution >= 0.6 is 0 Å². The fourth-order valence-electron chi connectivity index (χ4n) is 6.43. The second-order valence-electron chi connectivity index (χ2n) is 12.5. The molecule has 0 aromatic heterocycles. The average molecular weight is 630 g/mol. The Morgan fingerprint density at radius 1 is 0.889 bits per heavy atom. The Kier molecular flexibility index (Phi) is 13.9. The predicted octanol–water partition coefficient (Wildman–Crippen LogP) is 2.02. The first-order valence-electron chi connectivity index (χ1n) is 16.5. The van der Waals surface area contributed by atoms with Gasteiger partial charge in [-0.05, 0) is 56.9 Å². The van der Waals surface area contributed by atoms with Gasteiger partial charge in [-0.15, -0.1) is 0 Å². The van der Waals surface area contributed by atoms with Gasteiger partial charge in [-0.25, -0.2) is 4.79 Å². The van der Waals surface area contributed by atoms with Gasteiger partial charge in [0.05, 0.1) is 26.4 Å². The van der Waals surface area contributed by atoms with Gasteiger partial charge in [-0.3, -0.25) is 14.4 Å². The molecule has 3 aliphatic heterocycles. The van der Waals surface area contributed by atoms with Crippen molar-refractivity contribution >= 4 is 23.8 Å². The summed E-state index contributed by atoms with van der Waals surface area (Å²) in [7, 11) is 0. The SMILES string of the molecule is CC(C)N1CCC(N2CC(=O)NCC[C@H]3CN(C(=O)OCc4ccccc4)CC[C@H]3CC(=O)NCCOCCOCC2=O)CC1. The maximum atomic E-state index is 13.3. The van der Waals surface area contributed by atoms with Gasteiger partial charge in [0.2, 0.25) is 17.7 Å². The van der Waals surface area contributed by atoms with Gasteiger partial charge in [0.15, 0.2) is 0 Å². The van der Waals surface area contributed by atoms with Crippen molar-refractivity contribution in [3.05, 3.63) is 35.9 Å². The number of benzene rings is 1. The molecule has 4 amide bonds. The van der Waals surface area contributed by atoms with E-state index in [0.717, 1.165) is 31.5 Å². The number of likely N-dealkylation sites (tertiary alicyclic amines) is 2. The number of carbonyl (C=O) groups is 4. The van der Waals surface area contributed by atoms with E-state index in [2.05, 4.69) is 29.4 Å². The van der Waals surface area contributed by atoms with Crippen molar-refractivity contribution in [2.75, 3.05) is 72.2 Å². The second kappa shape index (κ2) is 18.1. The van der Waals surface area contributed by atoms with E-state index in [-0.39, 0.29) is 68.1 Å². The molecule has 3 saturated heterocycles. The van der Waals surface area contributed by atoms with Crippen LogP contribution in [0.2, 0.25) is 0 Å². The van der Waals surface area contributed by atoms with E-state index in [4.69, 9.17) is 14.2 Å². The van der Waals surface area contributed by atoms with Gasteiger partial charge in [-0.2, -0.15) is 0 Å². The van der Waals surface area contributed by atoms with Crippen LogP contribution in [0.1, 0.15) is 51.5 Å². The molecule has 0 bridgehead atoms.